The second-order valence-corrected chi connectivity index (χ2v) is 6.27. The molecule has 0 bridgehead atoms. The number of thioether (sulfide) groups is 1. The first-order valence-corrected chi connectivity index (χ1v) is 9.21. The van der Waals surface area contributed by atoms with Crippen LogP contribution in [0.4, 0.5) is 5.69 Å². The van der Waals surface area contributed by atoms with Crippen molar-refractivity contribution in [2.45, 2.75) is 0 Å². The van der Waals surface area contributed by atoms with E-state index >= 15 is 0 Å². The summed E-state index contributed by atoms with van der Waals surface area (Å²) in [5.74, 6) is 0.209. The first-order valence-electron chi connectivity index (χ1n) is 7.98. The standard InChI is InChI=1S/C21H17N3OS/c1-26-21(23-14-22)24-17-12-18(15-8-4-2-5-9-15)20(25)19(13-17)16-10-6-3-7-11-16/h2-13,25H,1H3,(H,23,24). The minimum atomic E-state index is 0.209. The lowest BCUT2D eigenvalue weighted by atomic mass is 9.96. The number of nitriles is 1. The van der Waals surface area contributed by atoms with Crippen molar-refractivity contribution in [2.75, 3.05) is 6.26 Å². The van der Waals surface area contributed by atoms with Crippen molar-refractivity contribution in [1.82, 2.24) is 5.32 Å². The van der Waals surface area contributed by atoms with Crippen LogP contribution in [0, 0.1) is 11.5 Å². The third-order valence-corrected chi connectivity index (χ3v) is 4.43. The van der Waals surface area contributed by atoms with Gasteiger partial charge in [-0.25, -0.2) is 4.99 Å². The van der Waals surface area contributed by atoms with Crippen molar-refractivity contribution in [3.05, 3.63) is 72.8 Å². The molecule has 0 radical (unpaired) electrons. The highest BCUT2D eigenvalue weighted by atomic mass is 32.2. The van der Waals surface area contributed by atoms with Crippen LogP contribution in [-0.2, 0) is 0 Å². The molecule has 3 aromatic rings. The Labute approximate surface area is 156 Å². The molecule has 0 aliphatic rings. The van der Waals surface area contributed by atoms with Crippen LogP contribution in [0.3, 0.4) is 0 Å². The van der Waals surface area contributed by atoms with Gasteiger partial charge in [0.05, 0.1) is 5.69 Å². The summed E-state index contributed by atoms with van der Waals surface area (Å²) in [6.07, 6.45) is 3.74. The smallest absolute Gasteiger partial charge is 0.183 e. The minimum Gasteiger partial charge on any atom is -0.507 e. The van der Waals surface area contributed by atoms with E-state index in [1.807, 2.05) is 85.2 Å². The molecule has 0 heterocycles. The number of phenols is 1. The van der Waals surface area contributed by atoms with Crippen molar-refractivity contribution < 1.29 is 5.11 Å². The molecule has 0 saturated carbocycles. The molecule has 0 fully saturated rings. The molecule has 128 valence electrons. The predicted octanol–water partition coefficient (Wildman–Crippen LogP) is 5.15. The molecule has 0 unspecified atom stereocenters. The molecule has 0 spiro atoms. The molecule has 3 rings (SSSR count). The van der Waals surface area contributed by atoms with Gasteiger partial charge in [-0.1, -0.05) is 72.4 Å². The van der Waals surface area contributed by atoms with Gasteiger partial charge in [-0.15, -0.1) is 0 Å². The zero-order chi connectivity index (χ0) is 18.4. The summed E-state index contributed by atoms with van der Waals surface area (Å²) in [4.78, 5) is 4.52. The van der Waals surface area contributed by atoms with Gasteiger partial charge in [-0.3, -0.25) is 5.32 Å². The number of hydrogen-bond donors (Lipinski definition) is 2. The first-order chi connectivity index (χ1) is 12.7. The normalized spacial score (nSPS) is 11.0. The number of rotatable bonds is 3. The van der Waals surface area contributed by atoms with Crippen LogP contribution in [-0.4, -0.2) is 16.5 Å². The summed E-state index contributed by atoms with van der Waals surface area (Å²) >= 11 is 1.35. The largest absolute Gasteiger partial charge is 0.507 e. The van der Waals surface area contributed by atoms with Crippen LogP contribution in [0.25, 0.3) is 22.3 Å². The van der Waals surface area contributed by atoms with Gasteiger partial charge in [0.15, 0.2) is 11.4 Å². The molecule has 0 aliphatic heterocycles. The molecule has 0 amide bonds. The number of amidine groups is 1. The van der Waals surface area contributed by atoms with Crippen LogP contribution in [0.5, 0.6) is 5.75 Å². The minimum absolute atomic E-state index is 0.209. The van der Waals surface area contributed by atoms with Crippen molar-refractivity contribution >= 4 is 22.6 Å². The van der Waals surface area contributed by atoms with E-state index in [9.17, 15) is 5.11 Å². The Kier molecular flexibility index (Phi) is 5.57. The average Bonchev–Trinajstić information content (AvgIpc) is 2.70. The quantitative estimate of drug-likeness (QED) is 0.294. The van der Waals surface area contributed by atoms with E-state index in [1.54, 1.807) is 0 Å². The Bertz CT molecular complexity index is 903. The second-order valence-electron chi connectivity index (χ2n) is 5.48. The fourth-order valence-electron chi connectivity index (χ4n) is 2.65. The average molecular weight is 359 g/mol. The van der Waals surface area contributed by atoms with Gasteiger partial charge < -0.3 is 5.11 Å². The van der Waals surface area contributed by atoms with Gasteiger partial charge in [-0.05, 0) is 29.5 Å². The van der Waals surface area contributed by atoms with Crippen LogP contribution in [0.1, 0.15) is 0 Å². The zero-order valence-electron chi connectivity index (χ0n) is 14.2. The summed E-state index contributed by atoms with van der Waals surface area (Å²) in [6.45, 7) is 0. The highest BCUT2D eigenvalue weighted by molar-refractivity contribution is 8.13. The van der Waals surface area contributed by atoms with E-state index in [4.69, 9.17) is 5.26 Å². The lowest BCUT2D eigenvalue weighted by Gasteiger charge is -2.13. The van der Waals surface area contributed by atoms with Crippen LogP contribution in [0.2, 0.25) is 0 Å². The van der Waals surface area contributed by atoms with Crippen LogP contribution in [0.15, 0.2) is 77.8 Å². The number of aliphatic imine (C=N–C) groups is 1. The lowest BCUT2D eigenvalue weighted by Crippen LogP contribution is -2.12. The molecule has 0 aromatic heterocycles. The van der Waals surface area contributed by atoms with Crippen molar-refractivity contribution in [1.29, 1.82) is 5.26 Å². The van der Waals surface area contributed by atoms with Crippen LogP contribution >= 0.6 is 11.8 Å². The summed E-state index contributed by atoms with van der Waals surface area (Å²) in [6, 6.07) is 23.0. The Hall–Kier alpha value is -3.23. The third kappa shape index (κ3) is 3.88. The summed E-state index contributed by atoms with van der Waals surface area (Å²) in [5.41, 5.74) is 3.86. The SMILES string of the molecule is CSC(=Nc1cc(-c2ccccc2)c(O)c(-c2ccccc2)c1)NC#N. The second kappa shape index (κ2) is 8.24. The third-order valence-electron chi connectivity index (χ3n) is 3.85. The molecule has 26 heavy (non-hydrogen) atoms. The zero-order valence-corrected chi connectivity index (χ0v) is 15.0. The van der Waals surface area contributed by atoms with E-state index < -0.39 is 0 Å². The summed E-state index contributed by atoms with van der Waals surface area (Å²) in [5, 5.41) is 22.8. The summed E-state index contributed by atoms with van der Waals surface area (Å²) < 4.78 is 0. The van der Waals surface area contributed by atoms with Crippen molar-refractivity contribution in [3.8, 4) is 34.2 Å². The van der Waals surface area contributed by atoms with Gasteiger partial charge in [-0.2, -0.15) is 5.26 Å². The van der Waals surface area contributed by atoms with Crippen molar-refractivity contribution in [3.63, 3.8) is 0 Å². The molecule has 3 aromatic carbocycles. The molecule has 0 aliphatic carbocycles. The number of nitrogens with one attached hydrogen (secondary N) is 1. The summed E-state index contributed by atoms with van der Waals surface area (Å²) in [7, 11) is 0. The molecule has 0 atom stereocenters. The lowest BCUT2D eigenvalue weighted by molar-refractivity contribution is 0.479. The Morgan fingerprint density at radius 3 is 1.88 bits per heavy atom. The topological polar surface area (TPSA) is 68.4 Å². The van der Waals surface area contributed by atoms with Gasteiger partial charge >= 0.3 is 0 Å². The fourth-order valence-corrected chi connectivity index (χ4v) is 2.99. The molecule has 4 nitrogen and oxygen atoms in total. The fraction of sp³-hybridized carbons (Fsp3) is 0.0476. The monoisotopic (exact) mass is 359 g/mol. The van der Waals surface area contributed by atoms with E-state index in [1.165, 1.54) is 11.8 Å². The Balaban J connectivity index is 2.22. The number of hydrogen-bond acceptors (Lipinski definition) is 4. The maximum atomic E-state index is 10.9. The van der Waals surface area contributed by atoms with Gasteiger partial charge in [0, 0.05) is 11.1 Å². The molecular formula is C21H17N3OS. The Morgan fingerprint density at radius 2 is 1.46 bits per heavy atom. The molecule has 5 heteroatoms. The van der Waals surface area contributed by atoms with Gasteiger partial charge in [0.2, 0.25) is 0 Å². The maximum absolute atomic E-state index is 10.9. The van der Waals surface area contributed by atoms with Crippen molar-refractivity contribution in [2.24, 2.45) is 4.99 Å². The number of nitrogens with zero attached hydrogens (tertiary/aromatic N) is 2. The van der Waals surface area contributed by atoms with E-state index in [0.29, 0.717) is 22.0 Å². The van der Waals surface area contributed by atoms with Gasteiger partial charge in [0.1, 0.15) is 5.75 Å². The predicted molar refractivity (Wildman–Crippen MR) is 108 cm³/mol. The number of aromatic hydroxyl groups is 1. The number of phenolic OH excluding ortho intramolecular Hbond substituents is 1. The maximum Gasteiger partial charge on any atom is 0.183 e. The van der Waals surface area contributed by atoms with E-state index in [2.05, 4.69) is 10.3 Å². The number of benzene rings is 3. The van der Waals surface area contributed by atoms with Crippen LogP contribution < -0.4 is 5.32 Å². The van der Waals surface area contributed by atoms with Gasteiger partial charge in [0.25, 0.3) is 0 Å². The first kappa shape index (κ1) is 17.6. The molecular weight excluding hydrogens is 342 g/mol. The van der Waals surface area contributed by atoms with E-state index in [-0.39, 0.29) is 5.75 Å². The van der Waals surface area contributed by atoms with E-state index in [0.717, 1.165) is 11.1 Å². The highest BCUT2D eigenvalue weighted by Gasteiger charge is 2.13. The Morgan fingerprint density at radius 1 is 0.962 bits per heavy atom. The molecule has 0 saturated heterocycles. The highest BCUT2D eigenvalue weighted by Crippen LogP contribution is 2.41. The molecule has 2 N–H and O–H groups in total.